The first-order chi connectivity index (χ1) is 10.8. The molecule has 0 bridgehead atoms. The number of amides is 1. The van der Waals surface area contributed by atoms with Gasteiger partial charge in [0.05, 0.1) is 11.7 Å². The fourth-order valence-electron chi connectivity index (χ4n) is 3.53. The second-order valence-corrected chi connectivity index (χ2v) is 6.78. The number of piperazine rings is 1. The molecule has 0 radical (unpaired) electrons. The lowest BCUT2D eigenvalue weighted by atomic mass is 10.1. The van der Waals surface area contributed by atoms with Gasteiger partial charge in [-0.15, -0.1) is 0 Å². The molecule has 22 heavy (non-hydrogen) atoms. The van der Waals surface area contributed by atoms with Crippen LogP contribution < -0.4 is 0 Å². The van der Waals surface area contributed by atoms with Gasteiger partial charge < -0.3 is 9.64 Å². The van der Waals surface area contributed by atoms with E-state index in [1.54, 1.807) is 12.4 Å². The lowest BCUT2D eigenvalue weighted by molar-refractivity contribution is 0.0492. The molecule has 5 nitrogen and oxygen atoms in total. The van der Waals surface area contributed by atoms with Crippen LogP contribution in [-0.4, -0.2) is 65.6 Å². The molecule has 1 saturated carbocycles. The van der Waals surface area contributed by atoms with Crippen molar-refractivity contribution < 1.29 is 9.53 Å². The van der Waals surface area contributed by atoms with E-state index in [4.69, 9.17) is 4.74 Å². The number of pyridine rings is 1. The van der Waals surface area contributed by atoms with Crippen LogP contribution in [0.1, 0.15) is 29.6 Å². The zero-order valence-corrected chi connectivity index (χ0v) is 12.9. The number of fused-ring (bicyclic) bond motifs is 1. The SMILES string of the molecule is O=C(c1cccnc1)N1CCN2C[C@H](OCC3CC3)C[C@H]2C1. The Labute approximate surface area is 131 Å². The van der Waals surface area contributed by atoms with Gasteiger partial charge in [-0.3, -0.25) is 14.7 Å². The summed E-state index contributed by atoms with van der Waals surface area (Å²) in [6.45, 7) is 4.55. The summed E-state index contributed by atoms with van der Waals surface area (Å²) >= 11 is 0. The van der Waals surface area contributed by atoms with Gasteiger partial charge in [-0.1, -0.05) is 0 Å². The van der Waals surface area contributed by atoms with Gasteiger partial charge in [-0.05, 0) is 37.3 Å². The van der Waals surface area contributed by atoms with Crippen LogP contribution in [0, 0.1) is 5.92 Å². The number of aromatic nitrogens is 1. The first-order valence-corrected chi connectivity index (χ1v) is 8.34. The highest BCUT2D eigenvalue weighted by Gasteiger charge is 2.38. The summed E-state index contributed by atoms with van der Waals surface area (Å²) in [5.41, 5.74) is 0.690. The molecule has 0 N–H and O–H groups in total. The lowest BCUT2D eigenvalue weighted by Crippen LogP contribution is -2.52. The van der Waals surface area contributed by atoms with Crippen LogP contribution in [0.3, 0.4) is 0 Å². The summed E-state index contributed by atoms with van der Waals surface area (Å²) in [4.78, 5) is 21.0. The van der Waals surface area contributed by atoms with Crippen LogP contribution >= 0.6 is 0 Å². The van der Waals surface area contributed by atoms with Gasteiger partial charge in [-0.25, -0.2) is 0 Å². The summed E-state index contributed by atoms with van der Waals surface area (Å²) in [7, 11) is 0. The highest BCUT2D eigenvalue weighted by atomic mass is 16.5. The van der Waals surface area contributed by atoms with Crippen molar-refractivity contribution in [3.05, 3.63) is 30.1 Å². The number of carbonyl (C=O) groups excluding carboxylic acids is 1. The van der Waals surface area contributed by atoms with Crippen molar-refractivity contribution in [2.75, 3.05) is 32.8 Å². The Hall–Kier alpha value is -1.46. The Bertz CT molecular complexity index is 532. The van der Waals surface area contributed by atoms with Crippen molar-refractivity contribution in [1.29, 1.82) is 0 Å². The van der Waals surface area contributed by atoms with Crippen molar-refractivity contribution in [3.63, 3.8) is 0 Å². The highest BCUT2D eigenvalue weighted by molar-refractivity contribution is 5.94. The number of rotatable bonds is 4. The first kappa shape index (κ1) is 14.2. The zero-order chi connectivity index (χ0) is 14.9. The fourth-order valence-corrected chi connectivity index (χ4v) is 3.53. The third-order valence-electron chi connectivity index (χ3n) is 5.04. The summed E-state index contributed by atoms with van der Waals surface area (Å²) in [5.74, 6) is 0.927. The van der Waals surface area contributed by atoms with Gasteiger partial charge in [0.1, 0.15) is 0 Å². The standard InChI is InChI=1S/C17H23N3O2/c21-17(14-2-1-5-18-9-14)20-7-6-19-11-16(8-15(19)10-20)22-12-13-3-4-13/h1-2,5,9,13,15-16H,3-4,6-8,10-12H2/t15-,16+/m0/s1. The van der Waals surface area contributed by atoms with Crippen molar-refractivity contribution in [3.8, 4) is 0 Å². The van der Waals surface area contributed by atoms with E-state index in [9.17, 15) is 4.79 Å². The summed E-state index contributed by atoms with van der Waals surface area (Å²) in [5, 5.41) is 0. The van der Waals surface area contributed by atoms with E-state index in [0.717, 1.165) is 45.1 Å². The first-order valence-electron chi connectivity index (χ1n) is 8.34. The Morgan fingerprint density at radius 2 is 2.23 bits per heavy atom. The van der Waals surface area contributed by atoms with Crippen molar-refractivity contribution in [2.24, 2.45) is 5.92 Å². The van der Waals surface area contributed by atoms with E-state index in [2.05, 4.69) is 9.88 Å². The smallest absolute Gasteiger partial charge is 0.255 e. The van der Waals surface area contributed by atoms with Gasteiger partial charge in [0.25, 0.3) is 5.91 Å². The summed E-state index contributed by atoms with van der Waals surface area (Å²) < 4.78 is 6.04. The summed E-state index contributed by atoms with van der Waals surface area (Å²) in [6, 6.07) is 4.12. The minimum atomic E-state index is 0.107. The molecule has 2 aliphatic heterocycles. The molecule has 3 fully saturated rings. The summed E-state index contributed by atoms with van der Waals surface area (Å²) in [6.07, 6.45) is 7.46. The number of hydrogen-bond acceptors (Lipinski definition) is 4. The molecule has 3 heterocycles. The normalized spacial score (nSPS) is 28.6. The third-order valence-corrected chi connectivity index (χ3v) is 5.04. The molecule has 1 aliphatic carbocycles. The molecule has 3 aliphatic rings. The number of nitrogens with zero attached hydrogens (tertiary/aromatic N) is 3. The van der Waals surface area contributed by atoms with Crippen LogP contribution in [0.15, 0.2) is 24.5 Å². The quantitative estimate of drug-likeness (QED) is 0.843. The Balaban J connectivity index is 1.34. The van der Waals surface area contributed by atoms with Crippen LogP contribution in [0.5, 0.6) is 0 Å². The molecule has 2 saturated heterocycles. The minimum absolute atomic E-state index is 0.107. The van der Waals surface area contributed by atoms with Crippen LogP contribution in [-0.2, 0) is 4.74 Å². The maximum atomic E-state index is 12.5. The van der Waals surface area contributed by atoms with E-state index >= 15 is 0 Å². The van der Waals surface area contributed by atoms with Crippen LogP contribution in [0.4, 0.5) is 0 Å². The molecule has 1 amide bonds. The van der Waals surface area contributed by atoms with Crippen molar-refractivity contribution >= 4 is 5.91 Å². The number of hydrogen-bond donors (Lipinski definition) is 0. The zero-order valence-electron chi connectivity index (χ0n) is 12.9. The molecule has 2 atom stereocenters. The van der Waals surface area contributed by atoms with Gasteiger partial charge in [-0.2, -0.15) is 0 Å². The monoisotopic (exact) mass is 301 g/mol. The van der Waals surface area contributed by atoms with Crippen molar-refractivity contribution in [2.45, 2.75) is 31.4 Å². The maximum Gasteiger partial charge on any atom is 0.255 e. The predicted octanol–water partition coefficient (Wildman–Crippen LogP) is 1.41. The van der Waals surface area contributed by atoms with Crippen LogP contribution in [0.25, 0.3) is 0 Å². The third kappa shape index (κ3) is 3.01. The average Bonchev–Trinajstić information content (AvgIpc) is 3.30. The molecule has 4 rings (SSSR count). The molecule has 5 heteroatoms. The van der Waals surface area contributed by atoms with Crippen molar-refractivity contribution in [1.82, 2.24) is 14.8 Å². The van der Waals surface area contributed by atoms with Gasteiger partial charge in [0.15, 0.2) is 0 Å². The minimum Gasteiger partial charge on any atom is -0.377 e. The molecular formula is C17H23N3O2. The molecule has 0 spiro atoms. The molecule has 0 aromatic carbocycles. The Kier molecular flexibility index (Phi) is 3.84. The van der Waals surface area contributed by atoms with Gasteiger partial charge in [0.2, 0.25) is 0 Å². The van der Waals surface area contributed by atoms with Gasteiger partial charge in [0, 0.05) is 51.2 Å². The molecule has 118 valence electrons. The maximum absolute atomic E-state index is 12.5. The van der Waals surface area contributed by atoms with E-state index in [0.29, 0.717) is 17.7 Å². The molecule has 1 aromatic rings. The number of carbonyl (C=O) groups is 1. The lowest BCUT2D eigenvalue weighted by Gasteiger charge is -2.37. The van der Waals surface area contributed by atoms with E-state index < -0.39 is 0 Å². The topological polar surface area (TPSA) is 45.7 Å². The molecule has 1 aromatic heterocycles. The van der Waals surface area contributed by atoms with Gasteiger partial charge >= 0.3 is 0 Å². The Morgan fingerprint density at radius 1 is 1.32 bits per heavy atom. The fraction of sp³-hybridized carbons (Fsp3) is 0.647. The second kappa shape index (κ2) is 5.97. The second-order valence-electron chi connectivity index (χ2n) is 6.78. The predicted molar refractivity (Wildman–Crippen MR) is 82.6 cm³/mol. The largest absolute Gasteiger partial charge is 0.377 e. The van der Waals surface area contributed by atoms with E-state index in [1.807, 2.05) is 17.0 Å². The Morgan fingerprint density at radius 3 is 3.00 bits per heavy atom. The van der Waals surface area contributed by atoms with Crippen LogP contribution in [0.2, 0.25) is 0 Å². The van der Waals surface area contributed by atoms with E-state index in [-0.39, 0.29) is 5.91 Å². The van der Waals surface area contributed by atoms with E-state index in [1.165, 1.54) is 12.8 Å². The molecular weight excluding hydrogens is 278 g/mol. The highest BCUT2D eigenvalue weighted by Crippen LogP contribution is 2.31. The average molecular weight is 301 g/mol. The number of ether oxygens (including phenoxy) is 1. The molecule has 0 unspecified atom stereocenters.